The first-order valence-corrected chi connectivity index (χ1v) is 6.59. The first kappa shape index (κ1) is 13.8. The molecule has 0 aromatic heterocycles. The van der Waals surface area contributed by atoms with E-state index >= 15 is 0 Å². The Morgan fingerprint density at radius 1 is 1.18 bits per heavy atom. The summed E-state index contributed by atoms with van der Waals surface area (Å²) in [5.74, 6) is -0.556. The zero-order valence-corrected chi connectivity index (χ0v) is 9.81. The molecule has 0 aliphatic heterocycles. The Balaban J connectivity index is 2.76. The molecule has 7 heteroatoms. The summed E-state index contributed by atoms with van der Waals surface area (Å²) >= 11 is 0. The van der Waals surface area contributed by atoms with Crippen molar-refractivity contribution in [2.45, 2.75) is 19.0 Å². The molecule has 0 spiro atoms. The molecule has 0 heterocycles. The maximum absolute atomic E-state index is 11.8. The highest BCUT2D eigenvalue weighted by atomic mass is 32.2. The van der Waals surface area contributed by atoms with E-state index in [1.54, 1.807) is 0 Å². The average Bonchev–Trinajstić information content (AvgIpc) is 2.19. The summed E-state index contributed by atoms with van der Waals surface area (Å²) in [6, 6.07) is 4.78. The SMILES string of the molecule is CCS(=O)(=O)Cc1ccc(OC(F)(F)F)cc1. The number of hydrogen-bond acceptors (Lipinski definition) is 3. The molecule has 17 heavy (non-hydrogen) atoms. The van der Waals surface area contributed by atoms with Crippen molar-refractivity contribution in [2.75, 3.05) is 5.75 Å². The van der Waals surface area contributed by atoms with E-state index in [1.165, 1.54) is 19.1 Å². The van der Waals surface area contributed by atoms with Gasteiger partial charge in [-0.3, -0.25) is 0 Å². The van der Waals surface area contributed by atoms with E-state index in [-0.39, 0.29) is 17.3 Å². The molecule has 0 saturated carbocycles. The highest BCUT2D eigenvalue weighted by Crippen LogP contribution is 2.23. The van der Waals surface area contributed by atoms with Crippen molar-refractivity contribution in [2.24, 2.45) is 0 Å². The third kappa shape index (κ3) is 5.08. The lowest BCUT2D eigenvalue weighted by Gasteiger charge is -2.09. The minimum absolute atomic E-state index is 0.00615. The molecule has 0 amide bonds. The van der Waals surface area contributed by atoms with Gasteiger partial charge in [0.1, 0.15) is 5.75 Å². The Morgan fingerprint density at radius 3 is 2.12 bits per heavy atom. The van der Waals surface area contributed by atoms with Gasteiger partial charge in [0.05, 0.1) is 5.75 Å². The summed E-state index contributed by atoms with van der Waals surface area (Å²) in [5.41, 5.74) is 0.432. The summed E-state index contributed by atoms with van der Waals surface area (Å²) in [6.45, 7) is 1.51. The number of halogens is 3. The molecule has 0 aliphatic rings. The molecule has 96 valence electrons. The number of benzene rings is 1. The summed E-state index contributed by atoms with van der Waals surface area (Å²) in [4.78, 5) is 0. The largest absolute Gasteiger partial charge is 0.573 e. The predicted octanol–water partition coefficient (Wildman–Crippen LogP) is 2.52. The standard InChI is InChI=1S/C10H11F3O3S/c1-2-17(14,15)7-8-3-5-9(6-4-8)16-10(11,12)13/h3-6H,2,7H2,1H3. The van der Waals surface area contributed by atoms with Gasteiger partial charge in [0, 0.05) is 5.75 Å². The van der Waals surface area contributed by atoms with E-state index < -0.39 is 16.2 Å². The zero-order chi connectivity index (χ0) is 13.1. The molecular weight excluding hydrogens is 257 g/mol. The second-order valence-corrected chi connectivity index (χ2v) is 5.72. The van der Waals surface area contributed by atoms with E-state index in [9.17, 15) is 21.6 Å². The van der Waals surface area contributed by atoms with Crippen LogP contribution in [0.5, 0.6) is 5.75 Å². The fraction of sp³-hybridized carbons (Fsp3) is 0.400. The summed E-state index contributed by atoms with van der Waals surface area (Å²) in [7, 11) is -3.18. The van der Waals surface area contributed by atoms with Gasteiger partial charge < -0.3 is 4.74 Å². The van der Waals surface area contributed by atoms with E-state index in [4.69, 9.17) is 0 Å². The third-order valence-corrected chi connectivity index (χ3v) is 3.64. The van der Waals surface area contributed by atoms with Crippen LogP contribution in [0.2, 0.25) is 0 Å². The minimum Gasteiger partial charge on any atom is -0.406 e. The average molecular weight is 268 g/mol. The van der Waals surface area contributed by atoms with E-state index in [2.05, 4.69) is 4.74 Å². The molecule has 0 fully saturated rings. The molecule has 0 saturated heterocycles. The van der Waals surface area contributed by atoms with Gasteiger partial charge in [-0.05, 0) is 17.7 Å². The van der Waals surface area contributed by atoms with Gasteiger partial charge in [-0.15, -0.1) is 13.2 Å². The molecule has 3 nitrogen and oxygen atoms in total. The van der Waals surface area contributed by atoms with Crippen molar-refractivity contribution in [3.63, 3.8) is 0 Å². The van der Waals surface area contributed by atoms with Crippen LogP contribution in [0.1, 0.15) is 12.5 Å². The van der Waals surface area contributed by atoms with Crippen molar-refractivity contribution in [1.29, 1.82) is 0 Å². The third-order valence-electron chi connectivity index (χ3n) is 1.98. The van der Waals surface area contributed by atoms with Crippen molar-refractivity contribution < 1.29 is 26.3 Å². The Labute approximate surface area is 97.1 Å². The van der Waals surface area contributed by atoms with Crippen molar-refractivity contribution in [3.05, 3.63) is 29.8 Å². The van der Waals surface area contributed by atoms with Crippen LogP contribution in [0.15, 0.2) is 24.3 Å². The van der Waals surface area contributed by atoms with Crippen LogP contribution in [0.25, 0.3) is 0 Å². The topological polar surface area (TPSA) is 43.4 Å². The van der Waals surface area contributed by atoms with E-state index in [0.29, 0.717) is 5.56 Å². The molecule has 1 aromatic rings. The van der Waals surface area contributed by atoms with Gasteiger partial charge in [-0.2, -0.15) is 0 Å². The summed E-state index contributed by atoms with van der Waals surface area (Å²) < 4.78 is 61.8. The van der Waals surface area contributed by atoms with Gasteiger partial charge in [0.2, 0.25) is 0 Å². The molecule has 0 atom stereocenters. The smallest absolute Gasteiger partial charge is 0.406 e. The normalized spacial score (nSPS) is 12.5. The Bertz CT molecular complexity index is 463. The van der Waals surface area contributed by atoms with Crippen LogP contribution < -0.4 is 4.74 Å². The Morgan fingerprint density at radius 2 is 1.71 bits per heavy atom. The lowest BCUT2D eigenvalue weighted by Crippen LogP contribution is -2.17. The van der Waals surface area contributed by atoms with Crippen molar-refractivity contribution in [3.8, 4) is 5.75 Å². The summed E-state index contributed by atoms with van der Waals surface area (Å²) in [5, 5.41) is 0. The molecule has 0 bridgehead atoms. The van der Waals surface area contributed by atoms with Crippen molar-refractivity contribution >= 4 is 9.84 Å². The van der Waals surface area contributed by atoms with Crippen LogP contribution in [0.4, 0.5) is 13.2 Å². The molecule has 0 radical (unpaired) electrons. The number of hydrogen-bond donors (Lipinski definition) is 0. The highest BCUT2D eigenvalue weighted by Gasteiger charge is 2.30. The van der Waals surface area contributed by atoms with Gasteiger partial charge in [0.25, 0.3) is 0 Å². The molecule has 0 unspecified atom stereocenters. The highest BCUT2D eigenvalue weighted by molar-refractivity contribution is 7.90. The monoisotopic (exact) mass is 268 g/mol. The molecular formula is C10H11F3O3S. The number of sulfone groups is 1. The van der Waals surface area contributed by atoms with Gasteiger partial charge in [0.15, 0.2) is 9.84 Å². The van der Waals surface area contributed by atoms with Crippen LogP contribution in [0.3, 0.4) is 0 Å². The number of rotatable bonds is 4. The quantitative estimate of drug-likeness (QED) is 0.842. The van der Waals surface area contributed by atoms with Crippen LogP contribution in [0, 0.1) is 0 Å². The fourth-order valence-corrected chi connectivity index (χ4v) is 2.05. The first-order chi connectivity index (χ1) is 7.72. The van der Waals surface area contributed by atoms with E-state index in [1.807, 2.05) is 0 Å². The van der Waals surface area contributed by atoms with Gasteiger partial charge >= 0.3 is 6.36 Å². The maximum atomic E-state index is 11.8. The van der Waals surface area contributed by atoms with E-state index in [0.717, 1.165) is 12.1 Å². The van der Waals surface area contributed by atoms with Crippen LogP contribution in [-0.2, 0) is 15.6 Å². The van der Waals surface area contributed by atoms with Gasteiger partial charge in [-0.1, -0.05) is 19.1 Å². The Kier molecular flexibility index (Phi) is 4.03. The predicted molar refractivity (Wildman–Crippen MR) is 56.3 cm³/mol. The molecule has 0 aliphatic carbocycles. The maximum Gasteiger partial charge on any atom is 0.573 e. The zero-order valence-electron chi connectivity index (χ0n) is 8.99. The lowest BCUT2D eigenvalue weighted by atomic mass is 10.2. The van der Waals surface area contributed by atoms with Crippen LogP contribution in [-0.4, -0.2) is 20.5 Å². The number of alkyl halides is 3. The minimum atomic E-state index is -4.74. The molecule has 1 rings (SSSR count). The summed E-state index contributed by atoms with van der Waals surface area (Å²) in [6.07, 6.45) is -4.74. The fourth-order valence-electron chi connectivity index (χ4n) is 1.14. The molecule has 0 N–H and O–H groups in total. The van der Waals surface area contributed by atoms with Crippen molar-refractivity contribution in [1.82, 2.24) is 0 Å². The second-order valence-electron chi connectivity index (χ2n) is 3.37. The Hall–Kier alpha value is -1.24. The molecule has 1 aromatic carbocycles. The first-order valence-electron chi connectivity index (χ1n) is 4.77. The van der Waals surface area contributed by atoms with Crippen LogP contribution >= 0.6 is 0 Å². The lowest BCUT2D eigenvalue weighted by molar-refractivity contribution is -0.274. The second kappa shape index (κ2) is 4.95. The van der Waals surface area contributed by atoms with Gasteiger partial charge in [-0.25, -0.2) is 8.42 Å². The number of ether oxygens (including phenoxy) is 1.